The zero-order valence-electron chi connectivity index (χ0n) is 75.4. The number of aliphatic hydroxyl groups is 9. The van der Waals surface area contributed by atoms with Crippen molar-refractivity contribution in [1.82, 2.24) is 26.2 Å². The van der Waals surface area contributed by atoms with Crippen LogP contribution in [0.3, 0.4) is 0 Å². The molecule has 0 aromatic heterocycles. The monoisotopic (exact) mass is 1790 g/mol. The van der Waals surface area contributed by atoms with Gasteiger partial charge in [-0.1, -0.05) is 78.6 Å². The Bertz CT molecular complexity index is 2770. The third-order valence-electron chi connectivity index (χ3n) is 23.9. The molecule has 15 unspecified atom stereocenters. The number of unbranched alkanes of at least 4 members (excludes halogenated alkanes) is 13. The lowest BCUT2D eigenvalue weighted by Crippen LogP contribution is -2.55. The summed E-state index contributed by atoms with van der Waals surface area (Å²) in [7, 11) is 3.23. The number of nitrogens with one attached hydrogen (secondary N) is 4. The molecular formula is C89H157N5O31. The number of esters is 2. The molecule has 36 heteroatoms. The minimum Gasteiger partial charge on any atom is -0.466 e. The number of nitrogens with zero attached hydrogens (tertiary/aromatic N) is 1. The number of Topliss-reactive ketones (excluding diaryl/α,β-unsaturated/α-hetero) is 3. The number of aliphatic hydroxyl groups excluding tert-OH is 9. The first-order valence-corrected chi connectivity index (χ1v) is 46.4. The molecule has 724 valence electrons. The highest BCUT2D eigenvalue weighted by Gasteiger charge is 2.45. The van der Waals surface area contributed by atoms with Crippen molar-refractivity contribution in [3.8, 4) is 0 Å². The third-order valence-corrected chi connectivity index (χ3v) is 23.9. The van der Waals surface area contributed by atoms with Gasteiger partial charge in [0.15, 0.2) is 18.9 Å². The molecule has 17 atom stereocenters. The maximum atomic E-state index is 14.2. The van der Waals surface area contributed by atoms with Crippen LogP contribution in [0.1, 0.15) is 271 Å². The Hall–Kier alpha value is -5.62. The van der Waals surface area contributed by atoms with Gasteiger partial charge in [-0.15, -0.1) is 0 Å². The van der Waals surface area contributed by atoms with Crippen molar-refractivity contribution in [2.24, 2.45) is 23.2 Å². The molecule has 4 aliphatic heterocycles. The predicted octanol–water partition coefficient (Wildman–Crippen LogP) is 5.22. The smallest absolute Gasteiger partial charge is 0.407 e. The van der Waals surface area contributed by atoms with E-state index in [-0.39, 0.29) is 176 Å². The number of carbonyl (C=O) groups is 10. The van der Waals surface area contributed by atoms with E-state index in [4.69, 9.17) is 56.8 Å². The van der Waals surface area contributed by atoms with Crippen LogP contribution in [0.4, 0.5) is 4.79 Å². The van der Waals surface area contributed by atoms with E-state index < -0.39 is 123 Å². The number of carbonyl (C=O) groups excluding carboxylic acids is 10. The first kappa shape index (κ1) is 112. The molecule has 0 spiro atoms. The van der Waals surface area contributed by atoms with E-state index in [9.17, 15) is 93.9 Å². The average Bonchev–Trinajstić information content (AvgIpc) is 1.83. The van der Waals surface area contributed by atoms with Gasteiger partial charge in [0.1, 0.15) is 54.0 Å². The standard InChI is InChI=1S/C89H157N5O31/c1-62-79(107)82(110)70(58-95)123-85(62)119-47-23-31-66(98)29-15-9-6-14-22-45-93-88(113)122-52-28-42-89(40-26-50-117-77(105)35-16-10-7-12-20-43-90-73(101)32-24-48-120-86-63(2)80(108)83(111)71(59-96)124-86,41-27-51-118-78(106)36-17-11-8-13-21-44-91-74(102)33-25-49-121-87-64(3)81(109)84(112)72(60-97)125-87)56-68(100)37-38-75(103)92-46-54-116-53-39-67(99)30-18-19-34-76(104)94-57-69(115-5)55-65(94)61-114-4/h62-65,69-72,79-87,95-97,107-112H,6-61H2,1-5H3,(H,90,101)(H,91,102)(H,92,103)(H,93,113)/t62?,63?,64?,65-,69+,70?,71?,72?,79?,80?,81?,82?,83?,84?,85?,86?,87?,89?/m1/s1. The Balaban J connectivity index is 1.26. The molecule has 0 aromatic carbocycles. The summed E-state index contributed by atoms with van der Waals surface area (Å²) in [5.74, 6) is -3.09. The van der Waals surface area contributed by atoms with E-state index in [1.54, 1.807) is 39.9 Å². The quantitative estimate of drug-likeness (QED) is 0.0211. The fourth-order valence-corrected chi connectivity index (χ4v) is 16.0. The van der Waals surface area contributed by atoms with Gasteiger partial charge >= 0.3 is 18.0 Å². The van der Waals surface area contributed by atoms with E-state index in [0.717, 1.165) is 70.6 Å². The number of ether oxygens (including phenoxy) is 12. The van der Waals surface area contributed by atoms with Gasteiger partial charge < -0.3 is 129 Å². The molecule has 0 saturated carbocycles. The van der Waals surface area contributed by atoms with Crippen molar-refractivity contribution in [2.45, 2.75) is 357 Å². The molecule has 0 radical (unpaired) electrons. The molecular weight excluding hydrogens is 1630 g/mol. The number of rotatable bonds is 73. The third kappa shape index (κ3) is 46.7. The van der Waals surface area contributed by atoms with Crippen LogP contribution in [-0.2, 0) is 100.0 Å². The Morgan fingerprint density at radius 2 is 0.760 bits per heavy atom. The van der Waals surface area contributed by atoms with Crippen LogP contribution in [0.15, 0.2) is 0 Å². The zero-order chi connectivity index (χ0) is 91.6. The molecule has 13 N–H and O–H groups in total. The molecule has 36 nitrogen and oxygen atoms in total. The van der Waals surface area contributed by atoms with Crippen LogP contribution < -0.4 is 21.3 Å². The minimum atomic E-state index is -1.23. The number of likely N-dealkylation sites (tertiary alicyclic amines) is 1. The molecule has 0 aromatic rings. The Labute approximate surface area is 739 Å². The van der Waals surface area contributed by atoms with Gasteiger partial charge in [0.05, 0.1) is 110 Å². The lowest BCUT2D eigenvalue weighted by molar-refractivity contribution is -0.282. The molecule has 4 rings (SSSR count). The summed E-state index contributed by atoms with van der Waals surface area (Å²) in [4.78, 5) is 132. The van der Waals surface area contributed by atoms with Crippen LogP contribution >= 0.6 is 0 Å². The lowest BCUT2D eigenvalue weighted by atomic mass is 9.71. The van der Waals surface area contributed by atoms with Gasteiger partial charge in [0.2, 0.25) is 23.6 Å². The van der Waals surface area contributed by atoms with Crippen LogP contribution in [0.2, 0.25) is 0 Å². The molecule has 125 heavy (non-hydrogen) atoms. The molecule has 4 fully saturated rings. The van der Waals surface area contributed by atoms with Crippen LogP contribution in [0.25, 0.3) is 0 Å². The van der Waals surface area contributed by atoms with Gasteiger partial charge in [-0.2, -0.15) is 0 Å². The average molecular weight is 1790 g/mol. The van der Waals surface area contributed by atoms with Crippen molar-refractivity contribution >= 4 is 59.0 Å². The Kier molecular flexibility index (Phi) is 59.6. The molecule has 4 saturated heterocycles. The van der Waals surface area contributed by atoms with E-state index in [1.165, 1.54) is 0 Å². The summed E-state index contributed by atoms with van der Waals surface area (Å²) in [5.41, 5.74) is -0.770. The first-order chi connectivity index (χ1) is 60.2. The Morgan fingerprint density at radius 3 is 1.22 bits per heavy atom. The summed E-state index contributed by atoms with van der Waals surface area (Å²) < 4.78 is 67.5. The number of ketones is 3. The van der Waals surface area contributed by atoms with Gasteiger partial charge in [-0.3, -0.25) is 43.2 Å². The predicted molar refractivity (Wildman–Crippen MR) is 455 cm³/mol. The molecule has 0 bridgehead atoms. The van der Waals surface area contributed by atoms with Gasteiger partial charge in [-0.25, -0.2) is 4.79 Å². The summed E-state index contributed by atoms with van der Waals surface area (Å²) in [6.07, 6.45) is 5.71. The summed E-state index contributed by atoms with van der Waals surface area (Å²) in [5, 5.41) is 101. The fourth-order valence-electron chi connectivity index (χ4n) is 16.0. The fraction of sp³-hybridized carbons (Fsp3) is 0.888. The van der Waals surface area contributed by atoms with Crippen molar-refractivity contribution in [2.75, 3.05) is 126 Å². The number of methoxy groups -OCH3 is 2. The van der Waals surface area contributed by atoms with Crippen molar-refractivity contribution in [1.29, 1.82) is 0 Å². The first-order valence-electron chi connectivity index (χ1n) is 46.4. The largest absolute Gasteiger partial charge is 0.466 e. The lowest BCUT2D eigenvalue weighted by Gasteiger charge is -2.40. The van der Waals surface area contributed by atoms with Crippen molar-refractivity contribution < 1.29 is 151 Å². The normalized spacial score (nSPS) is 24.8. The SMILES string of the molecule is COC[C@H]1C[C@H](OC)CN1C(=O)CCCCC(=O)CCOCCNC(=O)CCC(=O)CC(CCCOC(=O)CCCCCCCNC(=O)CCCOC1OC(CO)C(O)C(O)C1C)(CCCOC(=O)CCCCCCCNC(=O)CCCOC1OC(CO)C(O)C(O)C1C)CCCOC(=O)NCCCCCCCC(=O)CCCOC1OC(CO)C(O)C(O)C1C. The van der Waals surface area contributed by atoms with Crippen LogP contribution in [-0.4, -0.2) is 322 Å². The minimum absolute atomic E-state index is 0.00290. The highest BCUT2D eigenvalue weighted by Crippen LogP contribution is 2.40. The highest BCUT2D eigenvalue weighted by molar-refractivity contribution is 5.85. The number of alkyl carbamates (subject to hydrolysis) is 1. The molecule has 4 heterocycles. The van der Waals surface area contributed by atoms with E-state index in [1.807, 2.05) is 0 Å². The van der Waals surface area contributed by atoms with E-state index >= 15 is 0 Å². The van der Waals surface area contributed by atoms with Gasteiger partial charge in [0, 0.05) is 142 Å². The molecule has 0 aliphatic carbocycles. The van der Waals surface area contributed by atoms with E-state index in [0.29, 0.717) is 161 Å². The topological polar surface area (TPSA) is 515 Å². The maximum Gasteiger partial charge on any atom is 0.407 e. The number of hydrogen-bond acceptors (Lipinski definition) is 31. The maximum absolute atomic E-state index is 14.2. The highest BCUT2D eigenvalue weighted by atomic mass is 16.7. The van der Waals surface area contributed by atoms with Crippen molar-refractivity contribution in [3.05, 3.63) is 0 Å². The number of amides is 5. The van der Waals surface area contributed by atoms with Crippen LogP contribution in [0, 0.1) is 23.2 Å². The van der Waals surface area contributed by atoms with Gasteiger partial charge in [0.25, 0.3) is 0 Å². The summed E-state index contributed by atoms with van der Waals surface area (Å²) in [6, 6.07) is -0.0409. The summed E-state index contributed by atoms with van der Waals surface area (Å²) >= 11 is 0. The summed E-state index contributed by atoms with van der Waals surface area (Å²) in [6.45, 7) is 6.99. The van der Waals surface area contributed by atoms with Gasteiger partial charge in [-0.05, 0) is 121 Å². The van der Waals surface area contributed by atoms with Crippen LogP contribution in [0.5, 0.6) is 0 Å². The van der Waals surface area contributed by atoms with E-state index in [2.05, 4.69) is 21.3 Å². The molecule has 4 aliphatic rings. The Morgan fingerprint density at radius 1 is 0.376 bits per heavy atom. The second-order valence-corrected chi connectivity index (χ2v) is 34.1. The number of hydrogen-bond donors (Lipinski definition) is 13. The molecule has 5 amide bonds. The second-order valence-electron chi connectivity index (χ2n) is 34.1. The second kappa shape index (κ2) is 66.7. The van der Waals surface area contributed by atoms with Crippen molar-refractivity contribution in [3.63, 3.8) is 0 Å². The zero-order valence-corrected chi connectivity index (χ0v) is 75.4.